The molecular weight excluding hydrogens is 244 g/mol. The second-order valence-electron chi connectivity index (χ2n) is 5.23. The van der Waals surface area contributed by atoms with Gasteiger partial charge in [-0.1, -0.05) is 13.3 Å². The van der Waals surface area contributed by atoms with Crippen LogP contribution in [0, 0.1) is 0 Å². The van der Waals surface area contributed by atoms with Gasteiger partial charge in [0.15, 0.2) is 0 Å². The first kappa shape index (κ1) is 16.2. The van der Waals surface area contributed by atoms with Crippen LogP contribution in [0.15, 0.2) is 0 Å². The van der Waals surface area contributed by atoms with Crippen LogP contribution in [0.4, 0.5) is 4.79 Å². The van der Waals surface area contributed by atoms with Crippen molar-refractivity contribution in [1.82, 2.24) is 10.6 Å². The molecule has 1 fully saturated rings. The number of aliphatic hydroxyl groups is 1. The number of nitrogens with one attached hydrogen (secondary N) is 2. The Kier molecular flexibility index (Phi) is 8.58. The highest BCUT2D eigenvalue weighted by atomic mass is 16.5. The molecule has 0 aromatic carbocycles. The maximum atomic E-state index is 11.6. The van der Waals surface area contributed by atoms with Crippen LogP contribution in [0.2, 0.25) is 0 Å². The predicted molar refractivity (Wildman–Crippen MR) is 75.1 cm³/mol. The highest BCUT2D eigenvalue weighted by molar-refractivity contribution is 5.74. The molecule has 1 aliphatic carbocycles. The van der Waals surface area contributed by atoms with E-state index in [1.807, 2.05) is 0 Å². The smallest absolute Gasteiger partial charge is 0.315 e. The number of rotatable bonds is 8. The molecule has 0 saturated heterocycles. The number of amides is 2. The summed E-state index contributed by atoms with van der Waals surface area (Å²) in [5.41, 5.74) is 0. The largest absolute Gasteiger partial charge is 0.393 e. The van der Waals surface area contributed by atoms with Crippen molar-refractivity contribution in [2.24, 2.45) is 0 Å². The van der Waals surface area contributed by atoms with Crippen LogP contribution in [0.3, 0.4) is 0 Å². The van der Waals surface area contributed by atoms with Gasteiger partial charge in [0.05, 0.1) is 6.10 Å². The highest BCUT2D eigenvalue weighted by Gasteiger charge is 2.20. The fraction of sp³-hybridized carbons (Fsp3) is 0.929. The molecule has 0 unspecified atom stereocenters. The summed E-state index contributed by atoms with van der Waals surface area (Å²) in [6, 6.07) is 0.110. The van der Waals surface area contributed by atoms with Gasteiger partial charge >= 0.3 is 6.03 Å². The average Bonchev–Trinajstić information content (AvgIpc) is 2.40. The number of hydrogen-bond donors (Lipinski definition) is 3. The third kappa shape index (κ3) is 8.06. The number of carbonyl (C=O) groups excluding carboxylic acids is 1. The molecule has 0 aliphatic heterocycles. The minimum Gasteiger partial charge on any atom is -0.393 e. The van der Waals surface area contributed by atoms with Gasteiger partial charge in [0.2, 0.25) is 0 Å². The van der Waals surface area contributed by atoms with Crippen molar-refractivity contribution < 1.29 is 14.6 Å². The first-order valence-electron chi connectivity index (χ1n) is 7.52. The van der Waals surface area contributed by atoms with E-state index < -0.39 is 0 Å². The number of hydrogen-bond acceptors (Lipinski definition) is 3. The van der Waals surface area contributed by atoms with Gasteiger partial charge in [0, 0.05) is 25.8 Å². The summed E-state index contributed by atoms with van der Waals surface area (Å²) in [5.74, 6) is 0. The molecule has 1 aliphatic rings. The molecule has 1 saturated carbocycles. The molecule has 0 bridgehead atoms. The molecule has 0 radical (unpaired) electrons. The summed E-state index contributed by atoms with van der Waals surface area (Å²) < 4.78 is 5.42. The van der Waals surface area contributed by atoms with Gasteiger partial charge in [-0.3, -0.25) is 0 Å². The van der Waals surface area contributed by atoms with Crippen molar-refractivity contribution in [1.29, 1.82) is 0 Å². The Morgan fingerprint density at radius 3 is 2.58 bits per heavy atom. The minimum atomic E-state index is -0.179. The van der Waals surface area contributed by atoms with E-state index in [9.17, 15) is 9.90 Å². The molecule has 5 nitrogen and oxygen atoms in total. The summed E-state index contributed by atoms with van der Waals surface area (Å²) in [7, 11) is 0. The van der Waals surface area contributed by atoms with Gasteiger partial charge in [-0.05, 0) is 38.5 Å². The van der Waals surface area contributed by atoms with Crippen molar-refractivity contribution in [3.63, 3.8) is 0 Å². The fourth-order valence-corrected chi connectivity index (χ4v) is 2.18. The summed E-state index contributed by atoms with van der Waals surface area (Å²) in [4.78, 5) is 11.6. The van der Waals surface area contributed by atoms with Crippen LogP contribution in [0.25, 0.3) is 0 Å². The van der Waals surface area contributed by atoms with Gasteiger partial charge in [-0.2, -0.15) is 0 Å². The normalized spacial score (nSPS) is 23.1. The lowest BCUT2D eigenvalue weighted by atomic mass is 9.93. The number of unbranched alkanes of at least 4 members (excludes halogenated alkanes) is 1. The summed E-state index contributed by atoms with van der Waals surface area (Å²) in [6.45, 7) is 4.30. The molecule has 3 N–H and O–H groups in total. The second-order valence-corrected chi connectivity index (χ2v) is 5.23. The lowest BCUT2D eigenvalue weighted by molar-refractivity contribution is 0.117. The van der Waals surface area contributed by atoms with Gasteiger partial charge < -0.3 is 20.5 Å². The van der Waals surface area contributed by atoms with E-state index >= 15 is 0 Å². The molecule has 2 amide bonds. The number of ether oxygens (including phenoxy) is 1. The molecule has 0 spiro atoms. The van der Waals surface area contributed by atoms with Gasteiger partial charge in [-0.15, -0.1) is 0 Å². The van der Waals surface area contributed by atoms with Crippen LogP contribution in [0.5, 0.6) is 0 Å². The quantitative estimate of drug-likeness (QED) is 0.590. The van der Waals surface area contributed by atoms with Crippen molar-refractivity contribution in [3.8, 4) is 0 Å². The predicted octanol–water partition coefficient (Wildman–Crippen LogP) is 1.80. The zero-order valence-corrected chi connectivity index (χ0v) is 12.0. The van der Waals surface area contributed by atoms with Crippen molar-refractivity contribution in [2.45, 2.75) is 64.0 Å². The Bertz CT molecular complexity index is 241. The second kappa shape index (κ2) is 10.0. The van der Waals surface area contributed by atoms with Gasteiger partial charge in [0.1, 0.15) is 0 Å². The number of aliphatic hydroxyl groups excluding tert-OH is 1. The maximum Gasteiger partial charge on any atom is 0.315 e. The first-order chi connectivity index (χ1) is 9.22. The molecule has 1 rings (SSSR count). The Balaban J connectivity index is 1.93. The van der Waals surface area contributed by atoms with Crippen LogP contribution < -0.4 is 10.6 Å². The number of urea groups is 1. The third-order valence-corrected chi connectivity index (χ3v) is 3.43. The molecule has 112 valence electrons. The lowest BCUT2D eigenvalue weighted by Crippen LogP contribution is -2.44. The summed E-state index contributed by atoms with van der Waals surface area (Å²) in [6.07, 6.45) is 6.23. The third-order valence-electron chi connectivity index (χ3n) is 3.43. The van der Waals surface area contributed by atoms with Crippen molar-refractivity contribution >= 4 is 6.03 Å². The van der Waals surface area contributed by atoms with Crippen LogP contribution in [0.1, 0.15) is 51.9 Å². The Hall–Kier alpha value is -0.810. The zero-order chi connectivity index (χ0) is 13.9. The average molecular weight is 272 g/mol. The lowest BCUT2D eigenvalue weighted by Gasteiger charge is -2.26. The van der Waals surface area contributed by atoms with E-state index in [0.29, 0.717) is 13.2 Å². The Labute approximate surface area is 116 Å². The standard InChI is InChI=1S/C14H28N2O3/c1-2-3-10-19-11-4-9-15-14(18)16-12-5-7-13(17)8-6-12/h12-13,17H,2-11H2,1H3,(H2,15,16,18). The van der Waals surface area contributed by atoms with E-state index in [4.69, 9.17) is 4.74 Å². The molecule has 0 aromatic heterocycles. The van der Waals surface area contributed by atoms with Crippen LogP contribution in [-0.4, -0.2) is 43.0 Å². The van der Waals surface area contributed by atoms with Crippen LogP contribution >= 0.6 is 0 Å². The SMILES string of the molecule is CCCCOCCCNC(=O)NC1CCC(O)CC1. The monoisotopic (exact) mass is 272 g/mol. The molecular formula is C14H28N2O3. The molecule has 19 heavy (non-hydrogen) atoms. The molecule has 0 heterocycles. The zero-order valence-electron chi connectivity index (χ0n) is 12.0. The van der Waals surface area contributed by atoms with E-state index in [0.717, 1.165) is 51.6 Å². The van der Waals surface area contributed by atoms with E-state index in [2.05, 4.69) is 17.6 Å². The van der Waals surface area contributed by atoms with E-state index in [-0.39, 0.29) is 18.2 Å². The van der Waals surface area contributed by atoms with Gasteiger partial charge in [-0.25, -0.2) is 4.79 Å². The number of carbonyl (C=O) groups is 1. The van der Waals surface area contributed by atoms with Crippen molar-refractivity contribution in [3.05, 3.63) is 0 Å². The minimum absolute atomic E-state index is 0.102. The Morgan fingerprint density at radius 2 is 1.89 bits per heavy atom. The van der Waals surface area contributed by atoms with Crippen molar-refractivity contribution in [2.75, 3.05) is 19.8 Å². The van der Waals surface area contributed by atoms with Gasteiger partial charge in [0.25, 0.3) is 0 Å². The highest BCUT2D eigenvalue weighted by Crippen LogP contribution is 2.17. The molecule has 0 aromatic rings. The van der Waals surface area contributed by atoms with E-state index in [1.54, 1.807) is 0 Å². The topological polar surface area (TPSA) is 70.6 Å². The Morgan fingerprint density at radius 1 is 1.21 bits per heavy atom. The summed E-state index contributed by atoms with van der Waals surface area (Å²) >= 11 is 0. The fourth-order valence-electron chi connectivity index (χ4n) is 2.18. The van der Waals surface area contributed by atoms with E-state index in [1.165, 1.54) is 0 Å². The summed E-state index contributed by atoms with van der Waals surface area (Å²) in [5, 5.41) is 15.2. The van der Waals surface area contributed by atoms with Crippen LogP contribution in [-0.2, 0) is 4.74 Å². The molecule has 5 heteroatoms. The molecule has 0 atom stereocenters. The maximum absolute atomic E-state index is 11.6. The first-order valence-corrected chi connectivity index (χ1v) is 7.52.